The van der Waals surface area contributed by atoms with Gasteiger partial charge in [0.2, 0.25) is 0 Å². The third-order valence-electron chi connectivity index (χ3n) is 10.8. The van der Waals surface area contributed by atoms with Crippen molar-refractivity contribution < 1.29 is 0 Å². The van der Waals surface area contributed by atoms with Crippen LogP contribution in [0.1, 0.15) is 20.8 Å². The van der Waals surface area contributed by atoms with Gasteiger partial charge in [-0.15, -0.1) is 0 Å². The van der Waals surface area contributed by atoms with Gasteiger partial charge in [-0.2, -0.15) is 0 Å². The van der Waals surface area contributed by atoms with Crippen LogP contribution in [0, 0.1) is 0 Å². The molecule has 0 N–H and O–H groups in total. The molecule has 276 valence electrons. The fourth-order valence-corrected chi connectivity index (χ4v) is 9.41. The third-order valence-corrected chi connectivity index (χ3v) is 11.9. The molecule has 8 aromatic carbocycles. The zero-order valence-corrected chi connectivity index (χ0v) is 33.1. The smallest absolute Gasteiger partial charge is 0.0700 e. The number of nitrogens with zero attached hydrogens (tertiary/aromatic N) is 4. The van der Waals surface area contributed by atoms with Crippen LogP contribution in [0.2, 0.25) is 0 Å². The Labute approximate surface area is 339 Å². The standard InChI is InChI=1S/C52H42N4S/c1-52(2,3)56-46-24-14-13-23-44(46)54(40-19-9-5-10-20-40)45-33-29-38(35-49(45)56)37-27-30-42(31-28-37)53(39-17-7-4-8-18-39)43-32-34-48-51(36-43)57-50-26-16-15-25-47(50)55(48)41-21-11-6-12-22-41/h4-36H,1-3H3. The van der Waals surface area contributed by atoms with Gasteiger partial charge < -0.3 is 19.6 Å². The molecule has 8 aromatic rings. The molecule has 0 amide bonds. The third kappa shape index (κ3) is 6.21. The summed E-state index contributed by atoms with van der Waals surface area (Å²) >= 11 is 1.83. The first-order valence-corrected chi connectivity index (χ1v) is 20.3. The molecule has 2 aliphatic heterocycles. The van der Waals surface area contributed by atoms with Gasteiger partial charge in [-0.25, -0.2) is 0 Å². The van der Waals surface area contributed by atoms with E-state index in [-0.39, 0.29) is 5.54 Å². The number of hydrogen-bond donors (Lipinski definition) is 0. The molecule has 0 unspecified atom stereocenters. The first kappa shape index (κ1) is 34.8. The lowest BCUT2D eigenvalue weighted by Gasteiger charge is -2.46. The average molecular weight is 755 g/mol. The van der Waals surface area contributed by atoms with E-state index in [2.05, 4.69) is 241 Å². The van der Waals surface area contributed by atoms with Crippen molar-refractivity contribution in [1.29, 1.82) is 0 Å². The fourth-order valence-electron chi connectivity index (χ4n) is 8.32. The molecule has 0 saturated carbocycles. The van der Waals surface area contributed by atoms with Gasteiger partial charge in [-0.05, 0) is 135 Å². The number of benzene rings is 8. The highest BCUT2D eigenvalue weighted by Crippen LogP contribution is 2.55. The highest BCUT2D eigenvalue weighted by molar-refractivity contribution is 7.99. The zero-order valence-electron chi connectivity index (χ0n) is 32.2. The first-order chi connectivity index (χ1) is 27.9. The Hall–Kier alpha value is -6.69. The van der Waals surface area contributed by atoms with E-state index in [9.17, 15) is 0 Å². The highest BCUT2D eigenvalue weighted by atomic mass is 32.2. The van der Waals surface area contributed by atoms with Crippen molar-refractivity contribution in [2.45, 2.75) is 36.1 Å². The van der Waals surface area contributed by atoms with Crippen molar-refractivity contribution in [2.75, 3.05) is 19.6 Å². The van der Waals surface area contributed by atoms with Gasteiger partial charge >= 0.3 is 0 Å². The van der Waals surface area contributed by atoms with Gasteiger partial charge in [-0.3, -0.25) is 0 Å². The van der Waals surface area contributed by atoms with Crippen LogP contribution < -0.4 is 19.6 Å². The highest BCUT2D eigenvalue weighted by Gasteiger charge is 2.35. The largest absolute Gasteiger partial charge is 0.333 e. The molecule has 0 saturated heterocycles. The summed E-state index contributed by atoms with van der Waals surface area (Å²) in [6, 6.07) is 72.3. The number of fused-ring (bicyclic) bond motifs is 4. The molecule has 0 spiro atoms. The van der Waals surface area contributed by atoms with Crippen LogP contribution in [0.15, 0.2) is 210 Å². The molecule has 0 atom stereocenters. The molecule has 57 heavy (non-hydrogen) atoms. The van der Waals surface area contributed by atoms with Crippen LogP contribution in [-0.4, -0.2) is 5.54 Å². The number of para-hydroxylation sites is 6. The molecule has 2 aliphatic rings. The van der Waals surface area contributed by atoms with Gasteiger partial charge in [0.05, 0.1) is 34.1 Å². The molecule has 0 aromatic heterocycles. The topological polar surface area (TPSA) is 13.0 Å². The predicted molar refractivity (Wildman–Crippen MR) is 242 cm³/mol. The van der Waals surface area contributed by atoms with Crippen molar-refractivity contribution in [3.63, 3.8) is 0 Å². The van der Waals surface area contributed by atoms with E-state index in [0.717, 1.165) is 28.4 Å². The maximum absolute atomic E-state index is 2.50. The Bertz CT molecular complexity index is 2710. The van der Waals surface area contributed by atoms with Gasteiger partial charge in [0.25, 0.3) is 0 Å². The summed E-state index contributed by atoms with van der Waals surface area (Å²) in [5.74, 6) is 0. The second-order valence-corrected chi connectivity index (χ2v) is 16.6. The van der Waals surface area contributed by atoms with Crippen molar-refractivity contribution in [3.05, 3.63) is 200 Å². The summed E-state index contributed by atoms with van der Waals surface area (Å²) in [4.78, 5) is 12.1. The Balaban J connectivity index is 1.05. The quantitative estimate of drug-likeness (QED) is 0.167. The number of anilines is 11. The molecule has 0 bridgehead atoms. The van der Waals surface area contributed by atoms with E-state index < -0.39 is 0 Å². The fraction of sp³-hybridized carbons (Fsp3) is 0.0769. The molecular formula is C52H42N4S. The minimum Gasteiger partial charge on any atom is -0.333 e. The van der Waals surface area contributed by atoms with E-state index in [1.54, 1.807) is 0 Å². The van der Waals surface area contributed by atoms with Crippen LogP contribution in [-0.2, 0) is 0 Å². The second kappa shape index (κ2) is 14.1. The SMILES string of the molecule is CC(C)(C)N1c2ccccc2N(c2ccccc2)c2ccc(-c3ccc(N(c4ccccc4)c4ccc5c(c4)Sc4ccccc4N5c4ccccc4)cc3)cc21. The van der Waals surface area contributed by atoms with Crippen LogP contribution in [0.5, 0.6) is 0 Å². The summed E-state index contributed by atoms with van der Waals surface area (Å²) < 4.78 is 0. The van der Waals surface area contributed by atoms with E-state index in [0.29, 0.717) is 0 Å². The molecule has 4 nitrogen and oxygen atoms in total. The summed E-state index contributed by atoms with van der Waals surface area (Å²) in [7, 11) is 0. The monoisotopic (exact) mass is 754 g/mol. The summed E-state index contributed by atoms with van der Waals surface area (Å²) in [6.07, 6.45) is 0. The summed E-state index contributed by atoms with van der Waals surface area (Å²) in [5, 5.41) is 0. The first-order valence-electron chi connectivity index (χ1n) is 19.5. The average Bonchev–Trinajstić information content (AvgIpc) is 3.25. The minimum absolute atomic E-state index is 0.153. The van der Waals surface area contributed by atoms with E-state index >= 15 is 0 Å². The molecular weight excluding hydrogens is 713 g/mol. The Kier molecular flexibility index (Phi) is 8.61. The van der Waals surface area contributed by atoms with Crippen LogP contribution >= 0.6 is 11.8 Å². The lowest BCUT2D eigenvalue weighted by molar-refractivity contribution is 0.559. The molecule has 2 heterocycles. The van der Waals surface area contributed by atoms with Crippen molar-refractivity contribution in [2.24, 2.45) is 0 Å². The lowest BCUT2D eigenvalue weighted by atomic mass is 9.95. The summed E-state index contributed by atoms with van der Waals surface area (Å²) in [5.41, 5.74) is 15.0. The van der Waals surface area contributed by atoms with Crippen LogP contribution in [0.3, 0.4) is 0 Å². The maximum Gasteiger partial charge on any atom is 0.0700 e. The molecule has 0 fully saturated rings. The van der Waals surface area contributed by atoms with Gasteiger partial charge in [-0.1, -0.05) is 109 Å². The normalized spacial score (nSPS) is 13.0. The number of hydrogen-bond acceptors (Lipinski definition) is 5. The molecule has 0 radical (unpaired) electrons. The van der Waals surface area contributed by atoms with Crippen LogP contribution in [0.25, 0.3) is 11.1 Å². The van der Waals surface area contributed by atoms with Crippen molar-refractivity contribution in [3.8, 4) is 11.1 Å². The van der Waals surface area contributed by atoms with Gasteiger partial charge in [0, 0.05) is 43.8 Å². The van der Waals surface area contributed by atoms with Gasteiger partial charge in [0.1, 0.15) is 0 Å². The summed E-state index contributed by atoms with van der Waals surface area (Å²) in [6.45, 7) is 6.88. The van der Waals surface area contributed by atoms with E-state index in [1.807, 2.05) is 11.8 Å². The molecule has 0 aliphatic carbocycles. The Morgan fingerprint density at radius 1 is 0.368 bits per heavy atom. The van der Waals surface area contributed by atoms with Crippen LogP contribution in [0.4, 0.5) is 62.6 Å². The minimum atomic E-state index is -0.153. The van der Waals surface area contributed by atoms with Crippen molar-refractivity contribution >= 4 is 74.3 Å². The van der Waals surface area contributed by atoms with E-state index in [4.69, 9.17) is 0 Å². The Morgan fingerprint density at radius 2 is 0.842 bits per heavy atom. The predicted octanol–water partition coefficient (Wildman–Crippen LogP) is 15.5. The van der Waals surface area contributed by atoms with Gasteiger partial charge in [0.15, 0.2) is 0 Å². The lowest BCUT2D eigenvalue weighted by Crippen LogP contribution is -2.41. The van der Waals surface area contributed by atoms with Crippen molar-refractivity contribution in [1.82, 2.24) is 0 Å². The Morgan fingerprint density at radius 3 is 1.51 bits per heavy atom. The van der Waals surface area contributed by atoms with E-state index in [1.165, 1.54) is 55.0 Å². The second-order valence-electron chi connectivity index (χ2n) is 15.5. The molecule has 5 heteroatoms. The zero-order chi connectivity index (χ0) is 38.5. The molecule has 10 rings (SSSR count). The number of rotatable bonds is 6. The maximum atomic E-state index is 2.50.